The van der Waals surface area contributed by atoms with Gasteiger partial charge in [-0.3, -0.25) is 24.2 Å². The van der Waals surface area contributed by atoms with Gasteiger partial charge in [0.15, 0.2) is 5.96 Å². The third-order valence-electron chi connectivity index (χ3n) is 6.29. The summed E-state index contributed by atoms with van der Waals surface area (Å²) < 4.78 is 0. The minimum Gasteiger partial charge on any atom is -0.480 e. The zero-order valence-electron chi connectivity index (χ0n) is 23.3. The highest BCUT2D eigenvalue weighted by Gasteiger charge is 2.31. The first-order valence-electron chi connectivity index (χ1n) is 13.2. The van der Waals surface area contributed by atoms with E-state index in [9.17, 15) is 29.1 Å². The lowest BCUT2D eigenvalue weighted by Gasteiger charge is -2.24. The molecular weight excluding hydrogens is 566 g/mol. The van der Waals surface area contributed by atoms with Crippen molar-refractivity contribution in [1.82, 2.24) is 20.9 Å². The van der Waals surface area contributed by atoms with E-state index in [0.29, 0.717) is 5.75 Å². The van der Waals surface area contributed by atoms with Crippen LogP contribution in [-0.4, -0.2) is 88.4 Å². The maximum absolute atomic E-state index is 13.2. The summed E-state index contributed by atoms with van der Waals surface area (Å²) in [6.45, 7) is 0.172. The van der Waals surface area contributed by atoms with Crippen LogP contribution in [0.2, 0.25) is 0 Å². The molecule has 0 bridgehead atoms. The average Bonchev–Trinajstić information content (AvgIpc) is 3.34. The van der Waals surface area contributed by atoms with Crippen molar-refractivity contribution in [1.29, 1.82) is 0 Å². The Kier molecular flexibility index (Phi) is 13.6. The molecule has 0 saturated heterocycles. The molecule has 0 radical (unpaired) electrons. The lowest BCUT2D eigenvalue weighted by Crippen LogP contribution is -2.58. The zero-order valence-corrected chi connectivity index (χ0v) is 24.1. The smallest absolute Gasteiger partial charge is 0.326 e. The number of primary amides is 1. The van der Waals surface area contributed by atoms with Gasteiger partial charge in [0.2, 0.25) is 23.6 Å². The lowest BCUT2D eigenvalue weighted by atomic mass is 10.0. The van der Waals surface area contributed by atoms with E-state index in [1.54, 1.807) is 12.5 Å². The molecule has 230 valence electrons. The number of hydrogen-bond acceptors (Lipinski definition) is 8. The number of carboxylic acid groups (broad SMARTS) is 1. The van der Waals surface area contributed by atoms with E-state index in [1.165, 1.54) is 11.8 Å². The van der Waals surface area contributed by atoms with Crippen LogP contribution in [0.1, 0.15) is 31.2 Å². The number of amides is 4. The number of hydrogen-bond donors (Lipinski definition) is 9. The molecule has 2 aromatic rings. The Bertz CT molecular complexity index is 1280. The van der Waals surface area contributed by atoms with Crippen molar-refractivity contribution in [2.45, 2.75) is 56.3 Å². The Balaban J connectivity index is 2.09. The summed E-state index contributed by atoms with van der Waals surface area (Å²) >= 11 is 1.41. The number of benzene rings is 1. The van der Waals surface area contributed by atoms with Gasteiger partial charge in [0.05, 0.1) is 12.5 Å². The number of aliphatic imine (C=N–C) groups is 1. The zero-order chi connectivity index (χ0) is 31.2. The number of guanidine groups is 1. The molecule has 42 heavy (non-hydrogen) atoms. The van der Waals surface area contributed by atoms with Crippen molar-refractivity contribution in [2.24, 2.45) is 27.9 Å². The maximum Gasteiger partial charge on any atom is 0.326 e. The third kappa shape index (κ3) is 10.9. The van der Waals surface area contributed by atoms with Crippen molar-refractivity contribution in [3.8, 4) is 0 Å². The summed E-state index contributed by atoms with van der Waals surface area (Å²) in [6.07, 6.45) is 3.61. The fraction of sp³-hybridized carbons (Fsp3) is 0.462. The summed E-state index contributed by atoms with van der Waals surface area (Å²) in [4.78, 5) is 69.5. The average molecular weight is 606 g/mol. The van der Waals surface area contributed by atoms with Gasteiger partial charge in [-0.2, -0.15) is 11.8 Å². The van der Waals surface area contributed by atoms with Crippen LogP contribution < -0.4 is 38.9 Å². The predicted octanol–water partition coefficient (Wildman–Crippen LogP) is -1.74. The quantitative estimate of drug-likeness (QED) is 0.0525. The molecule has 1 heterocycles. The number of aromatic amines is 1. The van der Waals surface area contributed by atoms with E-state index < -0.39 is 60.2 Å². The highest BCUT2D eigenvalue weighted by Crippen LogP contribution is 2.19. The normalized spacial score (nSPS) is 13.8. The first-order valence-corrected chi connectivity index (χ1v) is 14.6. The second-order valence-electron chi connectivity index (χ2n) is 9.59. The Hall–Kier alpha value is -4.31. The first kappa shape index (κ1) is 33.9. The van der Waals surface area contributed by atoms with Crippen LogP contribution in [0, 0.1) is 0 Å². The number of nitrogens with two attached hydrogens (primary N) is 4. The number of thioether (sulfide) groups is 1. The highest BCUT2D eigenvalue weighted by atomic mass is 32.2. The Morgan fingerprint density at radius 1 is 0.952 bits per heavy atom. The molecular formula is C26H39N9O6S. The number of para-hydroxylation sites is 1. The van der Waals surface area contributed by atoms with Gasteiger partial charge in [-0.25, -0.2) is 4.79 Å². The molecule has 16 heteroatoms. The van der Waals surface area contributed by atoms with Gasteiger partial charge in [0, 0.05) is 23.6 Å². The second-order valence-corrected chi connectivity index (χ2v) is 10.6. The van der Waals surface area contributed by atoms with Crippen LogP contribution in [-0.2, 0) is 30.4 Å². The second kappa shape index (κ2) is 16.8. The minimum atomic E-state index is -1.41. The Morgan fingerprint density at radius 3 is 2.24 bits per heavy atom. The van der Waals surface area contributed by atoms with Gasteiger partial charge in [-0.1, -0.05) is 18.2 Å². The molecule has 1 aromatic heterocycles. The van der Waals surface area contributed by atoms with Crippen molar-refractivity contribution < 1.29 is 29.1 Å². The monoisotopic (exact) mass is 605 g/mol. The van der Waals surface area contributed by atoms with Crippen molar-refractivity contribution in [3.05, 3.63) is 36.0 Å². The van der Waals surface area contributed by atoms with Gasteiger partial charge in [0.25, 0.3) is 0 Å². The molecule has 2 rings (SSSR count). The number of carboxylic acids is 1. The molecule has 4 atom stereocenters. The predicted molar refractivity (Wildman–Crippen MR) is 160 cm³/mol. The lowest BCUT2D eigenvalue weighted by molar-refractivity contribution is -0.142. The fourth-order valence-electron chi connectivity index (χ4n) is 4.13. The van der Waals surface area contributed by atoms with E-state index in [2.05, 4.69) is 25.9 Å². The van der Waals surface area contributed by atoms with Crippen LogP contribution in [0.5, 0.6) is 0 Å². The van der Waals surface area contributed by atoms with Crippen molar-refractivity contribution in [2.75, 3.05) is 18.6 Å². The number of carbonyl (C=O) groups is 5. The molecule has 0 saturated carbocycles. The molecule has 13 N–H and O–H groups in total. The number of aliphatic carboxylic acids is 1. The molecule has 0 aliphatic rings. The van der Waals surface area contributed by atoms with Crippen LogP contribution in [0.25, 0.3) is 10.9 Å². The van der Waals surface area contributed by atoms with Crippen LogP contribution in [0.4, 0.5) is 0 Å². The molecule has 0 spiro atoms. The number of nitrogens with zero attached hydrogens (tertiary/aromatic N) is 1. The van der Waals surface area contributed by atoms with Crippen molar-refractivity contribution in [3.63, 3.8) is 0 Å². The van der Waals surface area contributed by atoms with E-state index in [0.717, 1.165) is 16.5 Å². The summed E-state index contributed by atoms with van der Waals surface area (Å²) in [5.41, 5.74) is 23.7. The topological polar surface area (TPSA) is 274 Å². The maximum atomic E-state index is 13.2. The molecule has 0 aliphatic carbocycles. The summed E-state index contributed by atoms with van der Waals surface area (Å²) in [7, 11) is 0. The van der Waals surface area contributed by atoms with Gasteiger partial charge >= 0.3 is 5.97 Å². The number of aromatic nitrogens is 1. The first-order chi connectivity index (χ1) is 19.9. The van der Waals surface area contributed by atoms with Crippen LogP contribution in [0.15, 0.2) is 35.5 Å². The van der Waals surface area contributed by atoms with E-state index in [4.69, 9.17) is 22.9 Å². The third-order valence-corrected chi connectivity index (χ3v) is 6.94. The summed E-state index contributed by atoms with van der Waals surface area (Å²) in [5.74, 6) is -4.11. The van der Waals surface area contributed by atoms with Gasteiger partial charge in [-0.05, 0) is 49.3 Å². The largest absolute Gasteiger partial charge is 0.480 e. The molecule has 0 aliphatic heterocycles. The van der Waals surface area contributed by atoms with Gasteiger partial charge in [-0.15, -0.1) is 0 Å². The molecule has 15 nitrogen and oxygen atoms in total. The molecule has 0 fully saturated rings. The fourth-order valence-corrected chi connectivity index (χ4v) is 4.60. The number of fused-ring (bicyclic) bond motifs is 1. The SMILES string of the molecule is CSCCC(NC(=O)C(CC(N)=O)NC(=O)C(N)Cc1c[nH]c2ccccc12)C(=O)NC(CCCN=C(N)N)C(=O)O. The minimum absolute atomic E-state index is 0.0374. The van der Waals surface area contributed by atoms with Gasteiger partial charge < -0.3 is 49.0 Å². The standard InChI is InChI=1S/C26H39N9O6S/c1-42-10-8-18(23(38)34-19(25(40)41)7-4-9-31-26(29)30)33-24(39)20(12-21(28)36)35-22(37)16(27)11-14-13-32-17-6-3-2-5-15(14)17/h2-3,5-6,13,16,18-20,32H,4,7-12,27H2,1H3,(H2,28,36)(H,33,39)(H,34,38)(H,35,37)(H,40,41)(H4,29,30,31). The van der Waals surface area contributed by atoms with Gasteiger partial charge in [0.1, 0.15) is 18.1 Å². The number of rotatable bonds is 18. The van der Waals surface area contributed by atoms with Crippen LogP contribution in [0.3, 0.4) is 0 Å². The molecule has 1 aromatic carbocycles. The number of H-pyrrole nitrogens is 1. The molecule has 4 unspecified atom stereocenters. The summed E-state index contributed by atoms with van der Waals surface area (Å²) in [5, 5.41) is 17.8. The Morgan fingerprint density at radius 2 is 1.60 bits per heavy atom. The number of nitrogens with one attached hydrogen (secondary N) is 4. The molecule has 4 amide bonds. The summed E-state index contributed by atoms with van der Waals surface area (Å²) in [6, 6.07) is 2.60. The van der Waals surface area contributed by atoms with Crippen molar-refractivity contribution >= 4 is 58.2 Å². The van der Waals surface area contributed by atoms with E-state index in [-0.39, 0.29) is 38.2 Å². The van der Waals surface area contributed by atoms with E-state index in [1.807, 2.05) is 24.3 Å². The number of carbonyl (C=O) groups excluding carboxylic acids is 4. The highest BCUT2D eigenvalue weighted by molar-refractivity contribution is 7.98. The Labute approximate surface area is 247 Å². The van der Waals surface area contributed by atoms with Crippen LogP contribution >= 0.6 is 11.8 Å². The van der Waals surface area contributed by atoms with E-state index >= 15 is 0 Å².